The second-order valence-corrected chi connectivity index (χ2v) is 7.10. The van der Waals surface area contributed by atoms with Crippen LogP contribution < -0.4 is 9.64 Å². The molecule has 1 amide bonds. The topological polar surface area (TPSA) is 34.0 Å². The highest BCUT2D eigenvalue weighted by atomic mass is 16.5. The van der Waals surface area contributed by atoms with Crippen LogP contribution in [0.5, 0.6) is 5.75 Å². The van der Waals surface area contributed by atoms with Gasteiger partial charge < -0.3 is 14.5 Å². The minimum Gasteiger partial charge on any atom is -0.496 e. The van der Waals surface area contributed by atoms with Crippen LogP contribution in [-0.2, 0) is 6.54 Å². The summed E-state index contributed by atoms with van der Waals surface area (Å²) in [6.45, 7) is 4.50. The van der Waals surface area contributed by atoms with Crippen LogP contribution in [0.15, 0.2) is 66.7 Å². The molecule has 0 spiro atoms. The third kappa shape index (κ3) is 3.81. The summed E-state index contributed by atoms with van der Waals surface area (Å²) < 4.78 is 5.51. The molecular weight excluding hydrogens is 336 g/mol. The minimum atomic E-state index is 0.0661. The van der Waals surface area contributed by atoms with Crippen LogP contribution in [0.1, 0.15) is 15.9 Å². The van der Waals surface area contributed by atoms with Crippen molar-refractivity contribution in [1.82, 2.24) is 4.90 Å². The molecule has 4 nitrogen and oxygen atoms in total. The lowest BCUT2D eigenvalue weighted by Gasteiger charge is -2.32. The number of carbonyl (C=O) groups excluding carboxylic acids is 1. The van der Waals surface area contributed by atoms with Gasteiger partial charge in [-0.05, 0) is 22.9 Å². The number of benzene rings is 3. The van der Waals surface area contributed by atoms with Gasteiger partial charge in [0.15, 0.2) is 0 Å². The van der Waals surface area contributed by atoms with Crippen molar-refractivity contribution >= 4 is 16.7 Å². The van der Waals surface area contributed by atoms with Gasteiger partial charge in [-0.25, -0.2) is 0 Å². The molecule has 27 heavy (non-hydrogen) atoms. The highest BCUT2D eigenvalue weighted by Crippen LogP contribution is 2.27. The minimum absolute atomic E-state index is 0.0661. The summed E-state index contributed by atoms with van der Waals surface area (Å²) >= 11 is 0. The Morgan fingerprint density at radius 2 is 1.59 bits per heavy atom. The number of nitrogens with zero attached hydrogens (tertiary/aromatic N) is 1. The number of carbonyl (C=O) groups is 1. The molecule has 3 aromatic rings. The van der Waals surface area contributed by atoms with Gasteiger partial charge in [-0.3, -0.25) is 4.79 Å². The Hall–Kier alpha value is -2.85. The number of ether oxygens (including phenoxy) is 1. The molecule has 138 valence electrons. The Morgan fingerprint density at radius 3 is 2.26 bits per heavy atom. The molecular formula is C23H25N2O2+. The lowest BCUT2D eigenvalue weighted by Crippen LogP contribution is -3.13. The van der Waals surface area contributed by atoms with E-state index in [0.29, 0.717) is 11.3 Å². The Labute approximate surface area is 160 Å². The normalized spacial score (nSPS) is 15.1. The fourth-order valence-corrected chi connectivity index (χ4v) is 3.81. The summed E-state index contributed by atoms with van der Waals surface area (Å²) in [6, 6.07) is 22.5. The number of amides is 1. The van der Waals surface area contributed by atoms with Crippen molar-refractivity contribution in [3.05, 3.63) is 77.9 Å². The first-order valence-electron chi connectivity index (χ1n) is 9.48. The molecule has 1 N–H and O–H groups in total. The third-order valence-electron chi connectivity index (χ3n) is 5.35. The summed E-state index contributed by atoms with van der Waals surface area (Å²) in [5, 5.41) is 2.15. The lowest BCUT2D eigenvalue weighted by molar-refractivity contribution is -0.917. The van der Waals surface area contributed by atoms with Crippen LogP contribution in [0.4, 0.5) is 0 Å². The molecule has 0 bridgehead atoms. The van der Waals surface area contributed by atoms with Crippen molar-refractivity contribution < 1.29 is 14.4 Å². The molecule has 0 aromatic heterocycles. The molecule has 1 fully saturated rings. The van der Waals surface area contributed by atoms with Crippen molar-refractivity contribution in [1.29, 1.82) is 0 Å². The van der Waals surface area contributed by atoms with Gasteiger partial charge in [0, 0.05) is 5.56 Å². The molecule has 0 aliphatic carbocycles. The smallest absolute Gasteiger partial charge is 0.258 e. The summed E-state index contributed by atoms with van der Waals surface area (Å²) in [5.74, 6) is 0.717. The van der Waals surface area contributed by atoms with E-state index in [1.165, 1.54) is 10.5 Å². The number of rotatable bonds is 4. The Bertz CT molecular complexity index is 932. The highest BCUT2D eigenvalue weighted by molar-refractivity contribution is 6.01. The van der Waals surface area contributed by atoms with Crippen molar-refractivity contribution in [3.8, 4) is 5.75 Å². The molecule has 4 rings (SSSR count). The van der Waals surface area contributed by atoms with Gasteiger partial charge in [0.05, 0.1) is 38.9 Å². The van der Waals surface area contributed by atoms with Crippen molar-refractivity contribution in [2.24, 2.45) is 0 Å². The second-order valence-electron chi connectivity index (χ2n) is 7.10. The van der Waals surface area contributed by atoms with Crippen LogP contribution in [0.2, 0.25) is 0 Å². The number of fused-ring (bicyclic) bond motifs is 1. The average molecular weight is 361 g/mol. The zero-order chi connectivity index (χ0) is 18.6. The van der Waals surface area contributed by atoms with Crippen LogP contribution in [0.3, 0.4) is 0 Å². The number of hydrogen-bond acceptors (Lipinski definition) is 2. The molecule has 4 heteroatoms. The number of hydrogen-bond donors (Lipinski definition) is 1. The van der Waals surface area contributed by atoms with Gasteiger partial charge in [-0.2, -0.15) is 0 Å². The maximum absolute atomic E-state index is 13.1. The van der Waals surface area contributed by atoms with E-state index >= 15 is 0 Å². The highest BCUT2D eigenvalue weighted by Gasteiger charge is 2.26. The summed E-state index contributed by atoms with van der Waals surface area (Å²) in [4.78, 5) is 16.6. The molecule has 3 aromatic carbocycles. The van der Waals surface area contributed by atoms with E-state index in [2.05, 4.69) is 24.3 Å². The molecule has 1 aliphatic rings. The molecule has 1 aliphatic heterocycles. The largest absolute Gasteiger partial charge is 0.496 e. The van der Waals surface area contributed by atoms with Gasteiger partial charge in [0.1, 0.15) is 12.3 Å². The number of piperazine rings is 1. The molecule has 0 radical (unpaired) electrons. The Morgan fingerprint density at radius 1 is 0.963 bits per heavy atom. The maximum Gasteiger partial charge on any atom is 0.258 e. The quantitative estimate of drug-likeness (QED) is 0.774. The first-order valence-corrected chi connectivity index (χ1v) is 9.48. The first kappa shape index (κ1) is 17.6. The average Bonchev–Trinajstić information content (AvgIpc) is 2.73. The maximum atomic E-state index is 13.1. The van der Waals surface area contributed by atoms with Crippen molar-refractivity contribution in [2.75, 3.05) is 33.3 Å². The van der Waals surface area contributed by atoms with Crippen molar-refractivity contribution in [3.63, 3.8) is 0 Å². The SMILES string of the molecule is COc1cc2ccccc2cc1C(=O)N1CC[NH+](Cc2ccccc2)CC1. The van der Waals surface area contributed by atoms with Gasteiger partial charge in [-0.15, -0.1) is 0 Å². The molecule has 1 heterocycles. The number of methoxy groups -OCH3 is 1. The number of nitrogens with one attached hydrogen (secondary N) is 1. The second kappa shape index (κ2) is 7.80. The lowest BCUT2D eigenvalue weighted by atomic mass is 10.0. The van der Waals surface area contributed by atoms with E-state index in [-0.39, 0.29) is 5.91 Å². The zero-order valence-corrected chi connectivity index (χ0v) is 15.7. The standard InChI is InChI=1S/C23H24N2O2/c1-27-22-16-20-10-6-5-9-19(20)15-21(22)23(26)25-13-11-24(12-14-25)17-18-7-3-2-4-8-18/h2-10,15-16H,11-14,17H2,1H3/p+1. The van der Waals surface area contributed by atoms with Gasteiger partial charge in [0.2, 0.25) is 0 Å². The monoisotopic (exact) mass is 361 g/mol. The molecule has 0 unspecified atom stereocenters. The van der Waals surface area contributed by atoms with E-state index < -0.39 is 0 Å². The number of quaternary nitrogens is 1. The van der Waals surface area contributed by atoms with E-state index in [0.717, 1.165) is 43.5 Å². The van der Waals surface area contributed by atoms with Crippen LogP contribution in [0, 0.1) is 0 Å². The van der Waals surface area contributed by atoms with Crippen molar-refractivity contribution in [2.45, 2.75) is 6.54 Å². The molecule has 0 saturated carbocycles. The zero-order valence-electron chi connectivity index (χ0n) is 15.7. The third-order valence-corrected chi connectivity index (χ3v) is 5.35. The first-order chi connectivity index (χ1) is 13.2. The Kier molecular flexibility index (Phi) is 5.07. The van der Waals surface area contributed by atoms with E-state index in [9.17, 15) is 4.79 Å². The predicted octanol–water partition coefficient (Wildman–Crippen LogP) is 2.39. The van der Waals surface area contributed by atoms with E-state index in [1.54, 1.807) is 7.11 Å². The van der Waals surface area contributed by atoms with Gasteiger partial charge in [0.25, 0.3) is 5.91 Å². The summed E-state index contributed by atoms with van der Waals surface area (Å²) in [6.07, 6.45) is 0. The van der Waals surface area contributed by atoms with Crippen LogP contribution in [-0.4, -0.2) is 44.1 Å². The Balaban J connectivity index is 1.47. The van der Waals surface area contributed by atoms with Gasteiger partial charge >= 0.3 is 0 Å². The van der Waals surface area contributed by atoms with E-state index in [4.69, 9.17) is 4.74 Å². The fourth-order valence-electron chi connectivity index (χ4n) is 3.81. The summed E-state index contributed by atoms with van der Waals surface area (Å²) in [5.41, 5.74) is 2.01. The van der Waals surface area contributed by atoms with Crippen LogP contribution in [0.25, 0.3) is 10.8 Å². The summed E-state index contributed by atoms with van der Waals surface area (Å²) in [7, 11) is 1.63. The predicted molar refractivity (Wildman–Crippen MR) is 107 cm³/mol. The molecule has 0 atom stereocenters. The molecule has 1 saturated heterocycles. The van der Waals surface area contributed by atoms with E-state index in [1.807, 2.05) is 47.4 Å². The van der Waals surface area contributed by atoms with Gasteiger partial charge in [-0.1, -0.05) is 54.6 Å². The van der Waals surface area contributed by atoms with Crippen LogP contribution >= 0.6 is 0 Å². The fraction of sp³-hybridized carbons (Fsp3) is 0.261.